The Hall–Kier alpha value is -0.410. The van der Waals surface area contributed by atoms with Gasteiger partial charge in [-0.15, -0.1) is 11.3 Å². The molecule has 18 heavy (non-hydrogen) atoms. The van der Waals surface area contributed by atoms with E-state index >= 15 is 0 Å². The molecule has 0 aromatic carbocycles. The van der Waals surface area contributed by atoms with Crippen LogP contribution in [0.15, 0.2) is 0 Å². The number of nitrogens with zero attached hydrogens (tertiary/aromatic N) is 1. The number of aromatic nitrogens is 1. The van der Waals surface area contributed by atoms with Crippen LogP contribution < -0.4 is 5.32 Å². The molecule has 1 atom stereocenters. The van der Waals surface area contributed by atoms with Crippen LogP contribution in [-0.4, -0.2) is 18.1 Å². The summed E-state index contributed by atoms with van der Waals surface area (Å²) >= 11 is 1.95. The summed E-state index contributed by atoms with van der Waals surface area (Å²) in [6.07, 6.45) is 3.89. The van der Waals surface area contributed by atoms with Gasteiger partial charge in [-0.2, -0.15) is 0 Å². The lowest BCUT2D eigenvalue weighted by Crippen LogP contribution is -2.27. The van der Waals surface area contributed by atoms with Gasteiger partial charge in [-0.05, 0) is 31.7 Å². The molecule has 0 bridgehead atoms. The normalized spacial score (nSPS) is 19.6. The highest BCUT2D eigenvalue weighted by Crippen LogP contribution is 2.36. The van der Waals surface area contributed by atoms with Crippen molar-refractivity contribution in [2.75, 3.05) is 13.1 Å². The zero-order valence-corrected chi connectivity index (χ0v) is 12.9. The topological polar surface area (TPSA) is 24.9 Å². The van der Waals surface area contributed by atoms with Gasteiger partial charge in [-0.1, -0.05) is 27.7 Å². The van der Waals surface area contributed by atoms with Crippen molar-refractivity contribution in [2.45, 2.75) is 58.8 Å². The number of nitrogens with one attached hydrogen (secondary N) is 1. The number of aryl methyl sites for hydroxylation is 1. The SMILES string of the molecule is CC(C)CNCC1CCCc2sc(C(C)C)nc21. The molecule has 1 aliphatic rings. The first kappa shape index (κ1) is 14.0. The first-order valence-electron chi connectivity index (χ1n) is 7.28. The predicted molar refractivity (Wildman–Crippen MR) is 79.6 cm³/mol. The molecule has 0 fully saturated rings. The molecule has 1 unspecified atom stereocenters. The number of fused-ring (bicyclic) bond motifs is 1. The van der Waals surface area contributed by atoms with Gasteiger partial charge in [0.05, 0.1) is 10.7 Å². The Morgan fingerprint density at radius 3 is 2.78 bits per heavy atom. The van der Waals surface area contributed by atoms with Crippen molar-refractivity contribution < 1.29 is 0 Å². The average Bonchev–Trinajstić information content (AvgIpc) is 2.73. The first-order chi connectivity index (χ1) is 8.58. The highest BCUT2D eigenvalue weighted by atomic mass is 32.1. The Morgan fingerprint density at radius 1 is 1.33 bits per heavy atom. The molecule has 0 radical (unpaired) electrons. The van der Waals surface area contributed by atoms with Crippen LogP contribution in [0.2, 0.25) is 0 Å². The van der Waals surface area contributed by atoms with E-state index in [-0.39, 0.29) is 0 Å². The molecular weight excluding hydrogens is 240 g/mol. The fraction of sp³-hybridized carbons (Fsp3) is 0.800. The Labute approximate surface area is 115 Å². The van der Waals surface area contributed by atoms with Crippen molar-refractivity contribution in [1.29, 1.82) is 0 Å². The van der Waals surface area contributed by atoms with Crippen molar-refractivity contribution in [3.63, 3.8) is 0 Å². The van der Waals surface area contributed by atoms with E-state index in [0.717, 1.165) is 19.0 Å². The molecular formula is C15H26N2S. The van der Waals surface area contributed by atoms with Gasteiger partial charge in [-0.25, -0.2) is 4.98 Å². The van der Waals surface area contributed by atoms with E-state index in [4.69, 9.17) is 4.98 Å². The van der Waals surface area contributed by atoms with Crippen LogP contribution in [0.4, 0.5) is 0 Å². The van der Waals surface area contributed by atoms with E-state index in [2.05, 4.69) is 33.0 Å². The zero-order valence-electron chi connectivity index (χ0n) is 12.1. The molecule has 2 nitrogen and oxygen atoms in total. The van der Waals surface area contributed by atoms with E-state index in [1.807, 2.05) is 11.3 Å². The first-order valence-corrected chi connectivity index (χ1v) is 8.09. The van der Waals surface area contributed by atoms with Crippen LogP contribution >= 0.6 is 11.3 Å². The van der Waals surface area contributed by atoms with Gasteiger partial charge >= 0.3 is 0 Å². The summed E-state index contributed by atoms with van der Waals surface area (Å²) < 4.78 is 0. The van der Waals surface area contributed by atoms with Gasteiger partial charge < -0.3 is 5.32 Å². The van der Waals surface area contributed by atoms with Gasteiger partial charge in [0.1, 0.15) is 0 Å². The third-order valence-corrected chi connectivity index (χ3v) is 4.96. The lowest BCUT2D eigenvalue weighted by molar-refractivity contribution is 0.472. The molecule has 1 heterocycles. The van der Waals surface area contributed by atoms with Gasteiger partial charge in [-0.3, -0.25) is 0 Å². The Balaban J connectivity index is 2.03. The van der Waals surface area contributed by atoms with E-state index in [1.165, 1.54) is 30.0 Å². The Morgan fingerprint density at radius 2 is 2.11 bits per heavy atom. The molecule has 102 valence electrons. The largest absolute Gasteiger partial charge is 0.316 e. The second-order valence-electron chi connectivity index (χ2n) is 6.16. The van der Waals surface area contributed by atoms with Crippen LogP contribution in [-0.2, 0) is 6.42 Å². The lowest BCUT2D eigenvalue weighted by atomic mass is 9.91. The third kappa shape index (κ3) is 3.33. The van der Waals surface area contributed by atoms with Crippen molar-refractivity contribution >= 4 is 11.3 Å². The fourth-order valence-electron chi connectivity index (χ4n) is 2.52. The third-order valence-electron chi connectivity index (χ3n) is 3.52. The average molecular weight is 266 g/mol. The van der Waals surface area contributed by atoms with Crippen molar-refractivity contribution in [1.82, 2.24) is 10.3 Å². The monoisotopic (exact) mass is 266 g/mol. The molecule has 0 saturated carbocycles. The van der Waals surface area contributed by atoms with Crippen LogP contribution in [0.3, 0.4) is 0 Å². The number of thiazole rings is 1. The second-order valence-corrected chi connectivity index (χ2v) is 7.27. The lowest BCUT2D eigenvalue weighted by Gasteiger charge is -2.22. The fourth-order valence-corrected chi connectivity index (χ4v) is 3.71. The van der Waals surface area contributed by atoms with Gasteiger partial charge in [0.25, 0.3) is 0 Å². The summed E-state index contributed by atoms with van der Waals surface area (Å²) in [5, 5.41) is 4.93. The van der Waals surface area contributed by atoms with E-state index in [9.17, 15) is 0 Å². The highest BCUT2D eigenvalue weighted by molar-refractivity contribution is 7.11. The summed E-state index contributed by atoms with van der Waals surface area (Å²) in [4.78, 5) is 6.46. The van der Waals surface area contributed by atoms with Crippen LogP contribution in [0.5, 0.6) is 0 Å². The summed E-state index contributed by atoms with van der Waals surface area (Å²) in [6, 6.07) is 0. The minimum Gasteiger partial charge on any atom is -0.316 e. The van der Waals surface area contributed by atoms with Crippen molar-refractivity contribution in [3.05, 3.63) is 15.6 Å². The summed E-state index contributed by atoms with van der Waals surface area (Å²) in [5.41, 5.74) is 1.41. The quantitative estimate of drug-likeness (QED) is 0.873. The van der Waals surface area contributed by atoms with E-state index in [0.29, 0.717) is 11.8 Å². The van der Waals surface area contributed by atoms with E-state index < -0.39 is 0 Å². The minimum absolute atomic E-state index is 0.574. The molecule has 0 aliphatic heterocycles. The summed E-state index contributed by atoms with van der Waals surface area (Å²) in [6.45, 7) is 11.2. The maximum atomic E-state index is 4.91. The number of rotatable bonds is 5. The molecule has 1 aliphatic carbocycles. The standard InChI is InChI=1S/C15H26N2S/c1-10(2)8-16-9-12-6-5-7-13-14(12)17-15(18-13)11(3)4/h10-12,16H,5-9H2,1-4H3. The van der Waals surface area contributed by atoms with Gasteiger partial charge in [0.15, 0.2) is 0 Å². The molecule has 3 heteroatoms. The maximum absolute atomic E-state index is 4.91. The molecule has 1 aromatic rings. The number of hydrogen-bond acceptors (Lipinski definition) is 3. The highest BCUT2D eigenvalue weighted by Gasteiger charge is 2.25. The molecule has 2 rings (SSSR count). The minimum atomic E-state index is 0.574. The predicted octanol–water partition coefficient (Wildman–Crippen LogP) is 3.93. The summed E-state index contributed by atoms with van der Waals surface area (Å²) in [7, 11) is 0. The van der Waals surface area contributed by atoms with Crippen LogP contribution in [0.25, 0.3) is 0 Å². The Bertz CT molecular complexity index is 382. The molecule has 1 aromatic heterocycles. The molecule has 0 saturated heterocycles. The smallest absolute Gasteiger partial charge is 0.0956 e. The summed E-state index contributed by atoms with van der Waals surface area (Å²) in [5.74, 6) is 1.95. The maximum Gasteiger partial charge on any atom is 0.0956 e. The second kappa shape index (κ2) is 6.16. The molecule has 0 amide bonds. The number of hydrogen-bond donors (Lipinski definition) is 1. The van der Waals surface area contributed by atoms with Crippen molar-refractivity contribution in [2.24, 2.45) is 5.92 Å². The van der Waals surface area contributed by atoms with E-state index in [1.54, 1.807) is 4.88 Å². The Kier molecular flexibility index (Phi) is 4.79. The van der Waals surface area contributed by atoms with Gasteiger partial charge in [0, 0.05) is 23.3 Å². The van der Waals surface area contributed by atoms with Crippen molar-refractivity contribution in [3.8, 4) is 0 Å². The molecule has 1 N–H and O–H groups in total. The van der Waals surface area contributed by atoms with Crippen LogP contribution in [0, 0.1) is 5.92 Å². The van der Waals surface area contributed by atoms with Gasteiger partial charge in [0.2, 0.25) is 0 Å². The van der Waals surface area contributed by atoms with Crippen LogP contribution in [0.1, 0.15) is 68.0 Å². The molecule has 0 spiro atoms. The zero-order chi connectivity index (χ0) is 13.1.